The summed E-state index contributed by atoms with van der Waals surface area (Å²) in [7, 11) is 0. The summed E-state index contributed by atoms with van der Waals surface area (Å²) in [5.41, 5.74) is 1.27. The molecule has 0 spiro atoms. The van der Waals surface area contributed by atoms with Gasteiger partial charge < -0.3 is 5.32 Å². The molecule has 1 aliphatic carbocycles. The molecular weight excluding hydrogens is 234 g/mol. The minimum atomic E-state index is 0.466. The second kappa shape index (κ2) is 6.56. The van der Waals surface area contributed by atoms with Crippen molar-refractivity contribution < 1.29 is 0 Å². The Morgan fingerprint density at radius 3 is 2.84 bits per heavy atom. The van der Waals surface area contributed by atoms with Crippen LogP contribution in [0.3, 0.4) is 0 Å². The van der Waals surface area contributed by atoms with Gasteiger partial charge >= 0.3 is 0 Å². The highest BCUT2D eigenvalue weighted by molar-refractivity contribution is 5.03. The Labute approximate surface area is 117 Å². The fourth-order valence-corrected chi connectivity index (χ4v) is 3.20. The first-order valence-corrected chi connectivity index (χ1v) is 7.89. The summed E-state index contributed by atoms with van der Waals surface area (Å²) in [6, 6.07) is 3.38. The molecule has 19 heavy (non-hydrogen) atoms. The number of hydrogen-bond donors (Lipinski definition) is 1. The summed E-state index contributed by atoms with van der Waals surface area (Å²) in [5, 5.41) is 8.39. The minimum Gasteiger partial charge on any atom is -0.314 e. The van der Waals surface area contributed by atoms with Crippen LogP contribution in [-0.2, 0) is 6.42 Å². The van der Waals surface area contributed by atoms with Gasteiger partial charge in [0.15, 0.2) is 0 Å². The van der Waals surface area contributed by atoms with Crippen LogP contribution in [0.15, 0.2) is 12.3 Å². The van der Waals surface area contributed by atoms with E-state index in [0.29, 0.717) is 6.04 Å². The molecule has 3 unspecified atom stereocenters. The lowest BCUT2D eigenvalue weighted by Gasteiger charge is -2.21. The van der Waals surface area contributed by atoms with Crippen molar-refractivity contribution in [3.05, 3.63) is 18.0 Å². The second-order valence-electron chi connectivity index (χ2n) is 6.34. The normalized spacial score (nSPS) is 27.3. The first-order valence-electron chi connectivity index (χ1n) is 7.89. The third-order valence-corrected chi connectivity index (χ3v) is 4.55. The maximum absolute atomic E-state index is 4.69. The molecule has 0 aliphatic heterocycles. The van der Waals surface area contributed by atoms with E-state index < -0.39 is 0 Å². The molecule has 1 aromatic rings. The fraction of sp³-hybridized carbons (Fsp3) is 0.812. The van der Waals surface area contributed by atoms with Crippen LogP contribution in [0.25, 0.3) is 0 Å². The number of nitrogens with zero attached hydrogens (tertiary/aromatic N) is 2. The van der Waals surface area contributed by atoms with Gasteiger partial charge in [0.2, 0.25) is 0 Å². The van der Waals surface area contributed by atoms with Gasteiger partial charge in [-0.25, -0.2) is 0 Å². The molecule has 0 radical (unpaired) electrons. The van der Waals surface area contributed by atoms with Crippen LogP contribution < -0.4 is 5.32 Å². The Morgan fingerprint density at radius 1 is 1.42 bits per heavy atom. The predicted octanol–water partition coefficient (Wildman–Crippen LogP) is 3.42. The van der Waals surface area contributed by atoms with E-state index in [1.54, 1.807) is 0 Å². The van der Waals surface area contributed by atoms with Crippen molar-refractivity contribution in [3.63, 3.8) is 0 Å². The van der Waals surface area contributed by atoms with Crippen LogP contribution in [0.4, 0.5) is 0 Å². The Bertz CT molecular complexity index is 383. The van der Waals surface area contributed by atoms with Crippen molar-refractivity contribution in [2.24, 2.45) is 11.8 Å². The van der Waals surface area contributed by atoms with E-state index in [-0.39, 0.29) is 0 Å². The van der Waals surface area contributed by atoms with E-state index in [9.17, 15) is 0 Å². The molecule has 1 aliphatic rings. The Kier molecular flexibility index (Phi) is 5.03. The van der Waals surface area contributed by atoms with Gasteiger partial charge in [-0.3, -0.25) is 4.68 Å². The van der Waals surface area contributed by atoms with E-state index in [0.717, 1.165) is 30.8 Å². The summed E-state index contributed by atoms with van der Waals surface area (Å²) in [5.74, 6) is 1.57. The number of hydrogen-bond acceptors (Lipinski definition) is 2. The lowest BCUT2D eigenvalue weighted by atomic mass is 9.91. The fourth-order valence-electron chi connectivity index (χ4n) is 3.20. The van der Waals surface area contributed by atoms with E-state index in [4.69, 9.17) is 5.10 Å². The largest absolute Gasteiger partial charge is 0.314 e. The summed E-state index contributed by atoms with van der Waals surface area (Å²) in [6.07, 6.45) is 7.16. The Hall–Kier alpha value is -0.830. The first-order chi connectivity index (χ1) is 9.11. The van der Waals surface area contributed by atoms with Gasteiger partial charge in [-0.05, 0) is 64.0 Å². The molecule has 0 amide bonds. The molecule has 1 saturated carbocycles. The maximum atomic E-state index is 4.69. The lowest BCUT2D eigenvalue weighted by molar-refractivity contribution is 0.348. The van der Waals surface area contributed by atoms with Crippen LogP contribution in [0.1, 0.15) is 58.7 Å². The van der Waals surface area contributed by atoms with Crippen molar-refractivity contribution >= 4 is 0 Å². The van der Waals surface area contributed by atoms with Gasteiger partial charge in [-0.1, -0.05) is 13.8 Å². The average Bonchev–Trinajstić information content (AvgIpc) is 2.97. The van der Waals surface area contributed by atoms with Crippen LogP contribution in [0, 0.1) is 11.8 Å². The second-order valence-corrected chi connectivity index (χ2v) is 6.34. The minimum absolute atomic E-state index is 0.466. The van der Waals surface area contributed by atoms with Crippen molar-refractivity contribution in [1.82, 2.24) is 15.1 Å². The van der Waals surface area contributed by atoms with Crippen LogP contribution in [0.2, 0.25) is 0 Å². The summed E-state index contributed by atoms with van der Waals surface area (Å²) >= 11 is 0. The third kappa shape index (κ3) is 3.59. The number of rotatable bonds is 6. The van der Waals surface area contributed by atoms with Crippen molar-refractivity contribution in [3.8, 4) is 0 Å². The van der Waals surface area contributed by atoms with Crippen molar-refractivity contribution in [1.29, 1.82) is 0 Å². The predicted molar refractivity (Wildman–Crippen MR) is 80.3 cm³/mol. The van der Waals surface area contributed by atoms with Gasteiger partial charge in [0.25, 0.3) is 0 Å². The van der Waals surface area contributed by atoms with Crippen LogP contribution in [-0.4, -0.2) is 22.4 Å². The molecule has 3 nitrogen and oxygen atoms in total. The van der Waals surface area contributed by atoms with E-state index in [2.05, 4.69) is 50.0 Å². The maximum Gasteiger partial charge on any atom is 0.0627 e. The molecule has 0 bridgehead atoms. The highest BCUT2D eigenvalue weighted by Gasteiger charge is 2.32. The molecule has 1 fully saturated rings. The molecule has 1 aromatic heterocycles. The lowest BCUT2D eigenvalue weighted by Crippen LogP contribution is -2.33. The Balaban J connectivity index is 1.89. The van der Waals surface area contributed by atoms with Gasteiger partial charge in [-0.2, -0.15) is 5.10 Å². The van der Waals surface area contributed by atoms with Gasteiger partial charge in [0, 0.05) is 18.3 Å². The number of nitrogens with one attached hydrogen (secondary N) is 1. The number of aromatic nitrogens is 2. The van der Waals surface area contributed by atoms with Crippen molar-refractivity contribution in [2.45, 2.75) is 65.5 Å². The third-order valence-electron chi connectivity index (χ3n) is 4.55. The van der Waals surface area contributed by atoms with E-state index in [1.165, 1.54) is 25.0 Å². The topological polar surface area (TPSA) is 29.9 Å². The average molecular weight is 263 g/mol. The van der Waals surface area contributed by atoms with Crippen LogP contribution in [0.5, 0.6) is 0 Å². The standard InChI is InChI=1S/C16H29N3/c1-5-9-17-16-7-6-14(13(16)4)11-15-8-10-19(18-15)12(2)3/h8,10,12-14,16-17H,5-7,9,11H2,1-4H3. The molecule has 0 aromatic carbocycles. The molecular formula is C16H29N3. The van der Waals surface area contributed by atoms with Gasteiger partial charge in [0.05, 0.1) is 5.69 Å². The zero-order valence-corrected chi connectivity index (χ0v) is 12.9. The SMILES string of the molecule is CCCNC1CCC(Cc2ccn(C(C)C)n2)C1C. The smallest absolute Gasteiger partial charge is 0.0627 e. The summed E-state index contributed by atoms with van der Waals surface area (Å²) < 4.78 is 2.07. The highest BCUT2D eigenvalue weighted by Crippen LogP contribution is 2.34. The summed E-state index contributed by atoms with van der Waals surface area (Å²) in [6.45, 7) is 10.2. The van der Waals surface area contributed by atoms with E-state index in [1.807, 2.05) is 0 Å². The first kappa shape index (κ1) is 14.6. The molecule has 2 rings (SSSR count). The van der Waals surface area contributed by atoms with Crippen LogP contribution >= 0.6 is 0 Å². The quantitative estimate of drug-likeness (QED) is 0.852. The van der Waals surface area contributed by atoms with Crippen molar-refractivity contribution in [2.75, 3.05) is 6.54 Å². The monoisotopic (exact) mass is 263 g/mol. The zero-order valence-electron chi connectivity index (χ0n) is 12.9. The Morgan fingerprint density at radius 2 is 2.21 bits per heavy atom. The molecule has 3 heteroatoms. The van der Waals surface area contributed by atoms with Gasteiger partial charge in [0.1, 0.15) is 0 Å². The highest BCUT2D eigenvalue weighted by atomic mass is 15.3. The van der Waals surface area contributed by atoms with E-state index >= 15 is 0 Å². The molecule has 1 heterocycles. The molecule has 0 saturated heterocycles. The van der Waals surface area contributed by atoms with Gasteiger partial charge in [-0.15, -0.1) is 0 Å². The molecule has 108 valence electrons. The molecule has 3 atom stereocenters. The zero-order chi connectivity index (χ0) is 13.8. The summed E-state index contributed by atoms with van der Waals surface area (Å²) in [4.78, 5) is 0. The molecule has 1 N–H and O–H groups in total.